The first kappa shape index (κ1) is 10.1. The first-order chi connectivity index (χ1) is 6.24. The van der Waals surface area contributed by atoms with Crippen LogP contribution in [0.5, 0.6) is 0 Å². The zero-order valence-corrected chi connectivity index (χ0v) is 8.08. The lowest BCUT2D eigenvalue weighted by molar-refractivity contribution is -0.146. The van der Waals surface area contributed by atoms with Crippen molar-refractivity contribution in [3.8, 4) is 12.3 Å². The molecule has 0 aliphatic heterocycles. The van der Waals surface area contributed by atoms with Crippen molar-refractivity contribution in [1.82, 2.24) is 0 Å². The van der Waals surface area contributed by atoms with Gasteiger partial charge in [-0.1, -0.05) is 25.2 Å². The highest BCUT2D eigenvalue weighted by atomic mass is 16.5. The maximum absolute atomic E-state index is 10.7. The maximum Gasteiger partial charge on any atom is 0.303 e. The van der Waals surface area contributed by atoms with E-state index in [4.69, 9.17) is 11.2 Å². The van der Waals surface area contributed by atoms with Gasteiger partial charge in [0.15, 0.2) is 6.10 Å². The van der Waals surface area contributed by atoms with Gasteiger partial charge in [-0.25, -0.2) is 0 Å². The van der Waals surface area contributed by atoms with E-state index < -0.39 is 0 Å². The molecule has 72 valence electrons. The number of terminal acetylenes is 1. The van der Waals surface area contributed by atoms with Gasteiger partial charge in [-0.3, -0.25) is 4.79 Å². The van der Waals surface area contributed by atoms with Crippen molar-refractivity contribution in [3.05, 3.63) is 0 Å². The molecule has 2 nitrogen and oxygen atoms in total. The van der Waals surface area contributed by atoms with Crippen LogP contribution in [0.1, 0.15) is 39.0 Å². The summed E-state index contributed by atoms with van der Waals surface area (Å²) in [7, 11) is 0. The lowest BCUT2D eigenvalue weighted by Gasteiger charge is -2.26. The number of hydrogen-bond acceptors (Lipinski definition) is 2. The number of hydrogen-bond donors (Lipinski definition) is 0. The number of esters is 1. The fourth-order valence-corrected chi connectivity index (χ4v) is 1.88. The van der Waals surface area contributed by atoms with E-state index in [0.717, 1.165) is 12.8 Å². The number of carbonyl (C=O) groups excluding carboxylic acids is 1. The summed E-state index contributed by atoms with van der Waals surface area (Å²) in [5.74, 6) is 2.68. The second-order valence-electron chi connectivity index (χ2n) is 3.59. The van der Waals surface area contributed by atoms with E-state index in [1.165, 1.54) is 26.2 Å². The van der Waals surface area contributed by atoms with Crippen molar-refractivity contribution >= 4 is 5.97 Å². The van der Waals surface area contributed by atoms with Crippen LogP contribution in [0.15, 0.2) is 0 Å². The normalized spacial score (nSPS) is 20.3. The molecule has 0 amide bonds. The third-order valence-electron chi connectivity index (χ3n) is 2.54. The highest BCUT2D eigenvalue weighted by molar-refractivity contribution is 5.66. The van der Waals surface area contributed by atoms with Crippen molar-refractivity contribution < 1.29 is 9.53 Å². The van der Waals surface area contributed by atoms with Crippen LogP contribution in [0.4, 0.5) is 0 Å². The molecule has 1 aliphatic carbocycles. The van der Waals surface area contributed by atoms with Gasteiger partial charge in [-0.05, 0) is 12.8 Å². The summed E-state index contributed by atoms with van der Waals surface area (Å²) in [6.45, 7) is 1.41. The van der Waals surface area contributed by atoms with Gasteiger partial charge < -0.3 is 4.74 Å². The summed E-state index contributed by atoms with van der Waals surface area (Å²) in [6.07, 6.45) is 10.9. The lowest BCUT2D eigenvalue weighted by atomic mass is 9.85. The molecule has 0 radical (unpaired) electrons. The topological polar surface area (TPSA) is 26.3 Å². The van der Waals surface area contributed by atoms with Crippen LogP contribution in [0.25, 0.3) is 0 Å². The van der Waals surface area contributed by atoms with E-state index >= 15 is 0 Å². The summed E-state index contributed by atoms with van der Waals surface area (Å²) >= 11 is 0. The highest BCUT2D eigenvalue weighted by Crippen LogP contribution is 2.27. The molecule has 0 N–H and O–H groups in total. The van der Waals surface area contributed by atoms with Gasteiger partial charge in [0.25, 0.3) is 0 Å². The van der Waals surface area contributed by atoms with E-state index in [2.05, 4.69) is 5.92 Å². The SMILES string of the molecule is C#C[C@H](OC(C)=O)C1CCCCC1. The fraction of sp³-hybridized carbons (Fsp3) is 0.727. The average molecular weight is 180 g/mol. The molecule has 1 rings (SSSR count). The molecule has 0 unspecified atom stereocenters. The molecule has 2 heteroatoms. The number of carbonyl (C=O) groups is 1. The van der Waals surface area contributed by atoms with Crippen LogP contribution in [0.3, 0.4) is 0 Å². The zero-order valence-electron chi connectivity index (χ0n) is 8.08. The molecule has 0 aromatic rings. The Morgan fingerprint density at radius 1 is 1.46 bits per heavy atom. The van der Waals surface area contributed by atoms with E-state index in [1.807, 2.05) is 0 Å². The Morgan fingerprint density at radius 2 is 2.08 bits per heavy atom. The minimum Gasteiger partial charge on any atom is -0.449 e. The molecular weight excluding hydrogens is 164 g/mol. The quantitative estimate of drug-likeness (QED) is 0.480. The molecule has 1 atom stereocenters. The van der Waals surface area contributed by atoms with E-state index in [-0.39, 0.29) is 12.1 Å². The van der Waals surface area contributed by atoms with Gasteiger partial charge >= 0.3 is 5.97 Å². The Kier molecular flexibility index (Phi) is 3.82. The zero-order chi connectivity index (χ0) is 9.68. The Labute approximate surface area is 79.7 Å². The Balaban J connectivity index is 2.45. The minimum absolute atomic E-state index is 0.270. The predicted octanol–water partition coefficient (Wildman–Crippen LogP) is 2.13. The van der Waals surface area contributed by atoms with Gasteiger partial charge in [-0.2, -0.15) is 0 Å². The maximum atomic E-state index is 10.7. The molecule has 0 heterocycles. The highest BCUT2D eigenvalue weighted by Gasteiger charge is 2.23. The molecule has 0 saturated heterocycles. The second kappa shape index (κ2) is 4.91. The van der Waals surface area contributed by atoms with Crippen molar-refractivity contribution in [2.75, 3.05) is 0 Å². The summed E-state index contributed by atoms with van der Waals surface area (Å²) in [5, 5.41) is 0. The summed E-state index contributed by atoms with van der Waals surface area (Å²) in [4.78, 5) is 10.7. The van der Waals surface area contributed by atoms with Gasteiger partial charge in [-0.15, -0.1) is 6.42 Å². The Bertz CT molecular complexity index is 209. The summed E-state index contributed by atoms with van der Waals surface area (Å²) in [6, 6.07) is 0. The lowest BCUT2D eigenvalue weighted by Crippen LogP contribution is -2.26. The van der Waals surface area contributed by atoms with E-state index in [9.17, 15) is 4.79 Å². The minimum atomic E-state index is -0.294. The average Bonchev–Trinajstić information content (AvgIpc) is 2.15. The monoisotopic (exact) mass is 180 g/mol. The number of ether oxygens (including phenoxy) is 1. The third kappa shape index (κ3) is 3.10. The summed E-state index contributed by atoms with van der Waals surface area (Å²) in [5.41, 5.74) is 0. The Hall–Kier alpha value is -0.970. The van der Waals surface area contributed by atoms with Gasteiger partial charge in [0.05, 0.1) is 0 Å². The van der Waals surface area contributed by atoms with E-state index in [0.29, 0.717) is 5.92 Å². The van der Waals surface area contributed by atoms with Crippen molar-refractivity contribution in [1.29, 1.82) is 0 Å². The van der Waals surface area contributed by atoms with Crippen molar-refractivity contribution in [2.45, 2.75) is 45.1 Å². The van der Waals surface area contributed by atoms with Gasteiger partial charge in [0.1, 0.15) is 0 Å². The second-order valence-corrected chi connectivity index (χ2v) is 3.59. The van der Waals surface area contributed by atoms with Crippen LogP contribution in [-0.2, 0) is 9.53 Å². The fourth-order valence-electron chi connectivity index (χ4n) is 1.88. The Morgan fingerprint density at radius 3 is 2.54 bits per heavy atom. The van der Waals surface area contributed by atoms with E-state index in [1.54, 1.807) is 0 Å². The molecule has 1 fully saturated rings. The molecule has 13 heavy (non-hydrogen) atoms. The van der Waals surface area contributed by atoms with Crippen LogP contribution in [0, 0.1) is 18.3 Å². The van der Waals surface area contributed by atoms with Gasteiger partial charge in [0.2, 0.25) is 0 Å². The molecule has 1 aliphatic rings. The van der Waals surface area contributed by atoms with Crippen molar-refractivity contribution in [3.63, 3.8) is 0 Å². The molecule has 1 saturated carbocycles. The molecule has 0 spiro atoms. The number of rotatable bonds is 2. The largest absolute Gasteiger partial charge is 0.449 e. The van der Waals surface area contributed by atoms with Crippen LogP contribution in [0.2, 0.25) is 0 Å². The molecule has 0 aromatic carbocycles. The van der Waals surface area contributed by atoms with Crippen LogP contribution < -0.4 is 0 Å². The van der Waals surface area contributed by atoms with Crippen LogP contribution in [-0.4, -0.2) is 12.1 Å². The first-order valence-electron chi connectivity index (χ1n) is 4.87. The van der Waals surface area contributed by atoms with Crippen molar-refractivity contribution in [2.24, 2.45) is 5.92 Å². The first-order valence-corrected chi connectivity index (χ1v) is 4.87. The molecular formula is C11H16O2. The molecule has 0 bridgehead atoms. The van der Waals surface area contributed by atoms with Gasteiger partial charge in [0, 0.05) is 12.8 Å². The smallest absolute Gasteiger partial charge is 0.303 e. The molecule has 0 aromatic heterocycles. The third-order valence-corrected chi connectivity index (χ3v) is 2.54. The predicted molar refractivity (Wildman–Crippen MR) is 51.0 cm³/mol. The van der Waals surface area contributed by atoms with Crippen LogP contribution >= 0.6 is 0 Å². The summed E-state index contributed by atoms with van der Waals surface area (Å²) < 4.78 is 5.06. The standard InChI is InChI=1S/C11H16O2/c1-3-11(13-9(2)12)10-7-5-4-6-8-10/h1,10-11H,4-8H2,2H3/t11-/m0/s1.